The first-order valence-electron chi connectivity index (χ1n) is 9.22. The first kappa shape index (κ1) is 21.7. The minimum atomic E-state index is -0.256. The number of aromatic nitrogens is 2. The van der Waals surface area contributed by atoms with E-state index in [2.05, 4.69) is 21.0 Å². The number of hydrogen-bond acceptors (Lipinski definition) is 5. The van der Waals surface area contributed by atoms with Crippen molar-refractivity contribution in [3.63, 3.8) is 0 Å². The first-order chi connectivity index (χ1) is 13.2. The van der Waals surface area contributed by atoms with E-state index in [-0.39, 0.29) is 30.8 Å². The molecule has 0 spiro atoms. The molecule has 1 atom stereocenters. The molecule has 1 aromatic heterocycles. The SMILES string of the molecule is CCNC(=O)COc1ccc(NC(=O)c2ccn(C3CCCNC3)n2)cc1.Cl. The summed E-state index contributed by atoms with van der Waals surface area (Å²) in [6, 6.07) is 8.90. The standard InChI is InChI=1S/C19H25N5O3.ClH/c1-2-21-18(25)13-27-16-7-5-14(6-8-16)22-19(26)17-9-11-24(23-17)15-4-3-10-20-12-15;/h5-9,11,15,20H,2-4,10,12-13H2,1H3,(H,21,25)(H,22,26);1H. The number of likely N-dealkylation sites (N-methyl/N-ethyl adjacent to an activating group) is 1. The van der Waals surface area contributed by atoms with E-state index in [1.165, 1.54) is 0 Å². The van der Waals surface area contributed by atoms with Crippen molar-refractivity contribution in [3.05, 3.63) is 42.2 Å². The Hall–Kier alpha value is -2.58. The van der Waals surface area contributed by atoms with E-state index < -0.39 is 0 Å². The smallest absolute Gasteiger partial charge is 0.276 e. The number of halogens is 1. The maximum atomic E-state index is 12.4. The van der Waals surface area contributed by atoms with E-state index in [0.29, 0.717) is 29.7 Å². The molecule has 1 aliphatic rings. The van der Waals surface area contributed by atoms with Crippen LogP contribution in [0.25, 0.3) is 0 Å². The first-order valence-corrected chi connectivity index (χ1v) is 9.22. The molecule has 9 heteroatoms. The van der Waals surface area contributed by atoms with E-state index in [1.54, 1.807) is 30.3 Å². The number of hydrogen-bond donors (Lipinski definition) is 3. The van der Waals surface area contributed by atoms with Gasteiger partial charge in [-0.1, -0.05) is 0 Å². The Morgan fingerprint density at radius 1 is 1.29 bits per heavy atom. The van der Waals surface area contributed by atoms with Crippen LogP contribution in [0.4, 0.5) is 5.69 Å². The van der Waals surface area contributed by atoms with E-state index in [4.69, 9.17) is 4.74 Å². The Morgan fingerprint density at radius 3 is 2.75 bits per heavy atom. The number of nitrogens with zero attached hydrogens (tertiary/aromatic N) is 2. The lowest BCUT2D eigenvalue weighted by molar-refractivity contribution is -0.122. The molecule has 1 aromatic carbocycles. The Balaban J connectivity index is 0.00000280. The van der Waals surface area contributed by atoms with E-state index in [0.717, 1.165) is 25.9 Å². The average Bonchev–Trinajstić information content (AvgIpc) is 3.19. The number of ether oxygens (including phenoxy) is 1. The molecule has 1 unspecified atom stereocenters. The molecule has 0 bridgehead atoms. The molecule has 152 valence electrons. The zero-order valence-electron chi connectivity index (χ0n) is 15.8. The summed E-state index contributed by atoms with van der Waals surface area (Å²) in [4.78, 5) is 23.8. The highest BCUT2D eigenvalue weighted by molar-refractivity contribution is 6.02. The van der Waals surface area contributed by atoms with Crippen molar-refractivity contribution in [3.8, 4) is 5.75 Å². The van der Waals surface area contributed by atoms with Crippen LogP contribution in [0, 0.1) is 0 Å². The Kier molecular flexibility index (Phi) is 8.28. The highest BCUT2D eigenvalue weighted by Gasteiger charge is 2.17. The van der Waals surface area contributed by atoms with Crippen LogP contribution < -0.4 is 20.7 Å². The summed E-state index contributed by atoms with van der Waals surface area (Å²) >= 11 is 0. The van der Waals surface area contributed by atoms with Crippen LogP contribution in [0.1, 0.15) is 36.3 Å². The highest BCUT2D eigenvalue weighted by atomic mass is 35.5. The van der Waals surface area contributed by atoms with Crippen molar-refractivity contribution in [1.29, 1.82) is 0 Å². The van der Waals surface area contributed by atoms with Crippen LogP contribution in [0.3, 0.4) is 0 Å². The molecule has 0 radical (unpaired) electrons. The van der Waals surface area contributed by atoms with Crippen LogP contribution in [0.2, 0.25) is 0 Å². The number of nitrogens with one attached hydrogen (secondary N) is 3. The Labute approximate surface area is 170 Å². The number of carbonyl (C=O) groups is 2. The van der Waals surface area contributed by atoms with Gasteiger partial charge in [0.1, 0.15) is 5.75 Å². The molecule has 1 saturated heterocycles. The fourth-order valence-corrected chi connectivity index (χ4v) is 2.95. The van der Waals surface area contributed by atoms with Gasteiger partial charge in [-0.15, -0.1) is 12.4 Å². The molecule has 0 saturated carbocycles. The van der Waals surface area contributed by atoms with Crippen molar-refractivity contribution in [1.82, 2.24) is 20.4 Å². The van der Waals surface area contributed by atoms with Gasteiger partial charge in [0, 0.05) is 25.0 Å². The van der Waals surface area contributed by atoms with Gasteiger partial charge < -0.3 is 20.7 Å². The van der Waals surface area contributed by atoms with Crippen LogP contribution >= 0.6 is 12.4 Å². The zero-order chi connectivity index (χ0) is 19.1. The number of anilines is 1. The molecular formula is C19H26ClN5O3. The molecule has 2 amide bonds. The molecule has 3 rings (SSSR count). The number of benzene rings is 1. The van der Waals surface area contributed by atoms with Crippen molar-refractivity contribution in [2.75, 3.05) is 31.6 Å². The fraction of sp³-hybridized carbons (Fsp3) is 0.421. The van der Waals surface area contributed by atoms with Gasteiger partial charge in [0.25, 0.3) is 11.8 Å². The van der Waals surface area contributed by atoms with Crippen molar-refractivity contribution in [2.45, 2.75) is 25.8 Å². The summed E-state index contributed by atoms with van der Waals surface area (Å²) < 4.78 is 7.25. The van der Waals surface area contributed by atoms with Crippen molar-refractivity contribution < 1.29 is 14.3 Å². The van der Waals surface area contributed by atoms with Crippen molar-refractivity contribution in [2.24, 2.45) is 0 Å². The van der Waals surface area contributed by atoms with Crippen molar-refractivity contribution >= 4 is 29.9 Å². The molecular weight excluding hydrogens is 382 g/mol. The van der Waals surface area contributed by atoms with Crippen LogP contribution in [0.15, 0.2) is 36.5 Å². The molecule has 1 aliphatic heterocycles. The second-order valence-corrected chi connectivity index (χ2v) is 6.40. The summed E-state index contributed by atoms with van der Waals surface area (Å²) in [6.07, 6.45) is 4.03. The van der Waals surface area contributed by atoms with Crippen LogP contribution in [-0.4, -0.2) is 47.8 Å². The minimum absolute atomic E-state index is 0. The lowest BCUT2D eigenvalue weighted by atomic mass is 10.1. The summed E-state index contributed by atoms with van der Waals surface area (Å²) in [5.74, 6) is 0.139. The lowest BCUT2D eigenvalue weighted by Gasteiger charge is -2.22. The summed E-state index contributed by atoms with van der Waals surface area (Å²) in [6.45, 7) is 4.30. The maximum Gasteiger partial charge on any atom is 0.276 e. The minimum Gasteiger partial charge on any atom is -0.484 e. The van der Waals surface area contributed by atoms with Gasteiger partial charge in [-0.2, -0.15) is 5.10 Å². The molecule has 3 N–H and O–H groups in total. The zero-order valence-corrected chi connectivity index (χ0v) is 16.6. The number of rotatable bonds is 7. The van der Waals surface area contributed by atoms with Crippen LogP contribution in [-0.2, 0) is 4.79 Å². The summed E-state index contributed by atoms with van der Waals surface area (Å²) in [7, 11) is 0. The molecule has 2 aromatic rings. The van der Waals surface area contributed by atoms with Gasteiger partial charge in [-0.05, 0) is 56.6 Å². The Morgan fingerprint density at radius 2 is 2.07 bits per heavy atom. The molecule has 28 heavy (non-hydrogen) atoms. The number of piperidine rings is 1. The van der Waals surface area contributed by atoms with E-state index in [1.807, 2.05) is 17.8 Å². The molecule has 0 aliphatic carbocycles. The lowest BCUT2D eigenvalue weighted by Crippen LogP contribution is -2.32. The third-order valence-corrected chi connectivity index (χ3v) is 4.34. The van der Waals surface area contributed by atoms with E-state index >= 15 is 0 Å². The van der Waals surface area contributed by atoms with Gasteiger partial charge >= 0.3 is 0 Å². The monoisotopic (exact) mass is 407 g/mol. The number of amides is 2. The van der Waals surface area contributed by atoms with Gasteiger partial charge in [-0.25, -0.2) is 0 Å². The normalized spacial score (nSPS) is 16.0. The van der Waals surface area contributed by atoms with Crippen LogP contribution in [0.5, 0.6) is 5.75 Å². The largest absolute Gasteiger partial charge is 0.484 e. The Bertz CT molecular complexity index is 772. The topological polar surface area (TPSA) is 97.3 Å². The van der Waals surface area contributed by atoms with Gasteiger partial charge in [0.05, 0.1) is 6.04 Å². The van der Waals surface area contributed by atoms with Gasteiger partial charge in [0.15, 0.2) is 12.3 Å². The predicted molar refractivity (Wildman–Crippen MR) is 109 cm³/mol. The quantitative estimate of drug-likeness (QED) is 0.652. The highest BCUT2D eigenvalue weighted by Crippen LogP contribution is 2.18. The third kappa shape index (κ3) is 5.97. The second kappa shape index (κ2) is 10.7. The average molecular weight is 408 g/mol. The second-order valence-electron chi connectivity index (χ2n) is 6.40. The number of carbonyl (C=O) groups excluding carboxylic acids is 2. The van der Waals surface area contributed by atoms with Gasteiger partial charge in [-0.3, -0.25) is 14.3 Å². The van der Waals surface area contributed by atoms with Gasteiger partial charge in [0.2, 0.25) is 0 Å². The third-order valence-electron chi connectivity index (χ3n) is 4.34. The van der Waals surface area contributed by atoms with E-state index in [9.17, 15) is 9.59 Å². The fourth-order valence-electron chi connectivity index (χ4n) is 2.95. The molecule has 2 heterocycles. The molecule has 8 nitrogen and oxygen atoms in total. The predicted octanol–water partition coefficient (Wildman–Crippen LogP) is 2.00. The molecule has 1 fully saturated rings. The maximum absolute atomic E-state index is 12.4. The summed E-state index contributed by atoms with van der Waals surface area (Å²) in [5.41, 5.74) is 1.02. The summed E-state index contributed by atoms with van der Waals surface area (Å²) in [5, 5.41) is 13.2.